The van der Waals surface area contributed by atoms with Gasteiger partial charge in [-0.05, 0) is 37.6 Å². The molecule has 0 aliphatic rings. The molecular weight excluding hydrogens is 306 g/mol. The van der Waals surface area contributed by atoms with Crippen molar-refractivity contribution in [2.45, 2.75) is 45.0 Å². The van der Waals surface area contributed by atoms with Gasteiger partial charge < -0.3 is 9.30 Å². The Morgan fingerprint density at radius 3 is 2.62 bits per heavy atom. The van der Waals surface area contributed by atoms with Crippen LogP contribution in [0.3, 0.4) is 0 Å². The number of nitrogens with zero attached hydrogens (tertiary/aromatic N) is 3. The summed E-state index contributed by atoms with van der Waals surface area (Å²) in [5, 5.41) is 10.2. The smallest absolute Gasteiger partial charge is 0.191 e. The summed E-state index contributed by atoms with van der Waals surface area (Å²) in [5.74, 6) is 2.71. The maximum Gasteiger partial charge on any atom is 0.191 e. The molecular formula is C15H20ClN3OS. The minimum atomic E-state index is 0.414. The van der Waals surface area contributed by atoms with Crippen molar-refractivity contribution in [2.24, 2.45) is 0 Å². The first-order valence-corrected chi connectivity index (χ1v) is 8.54. The molecule has 4 nitrogen and oxygen atoms in total. The van der Waals surface area contributed by atoms with Crippen LogP contribution in [0.15, 0.2) is 29.4 Å². The van der Waals surface area contributed by atoms with E-state index in [1.54, 1.807) is 11.8 Å². The van der Waals surface area contributed by atoms with Crippen LogP contribution in [0.1, 0.15) is 32.5 Å². The standard InChI is InChI=1S/C15H20ClN3OS/c1-3-5-10-21-15-18-17-14(19(15)4-2)11-20-13-8-6-12(16)7-9-13/h6-9H,3-5,10-11H2,1-2H3. The lowest BCUT2D eigenvalue weighted by Gasteiger charge is -2.08. The zero-order valence-electron chi connectivity index (χ0n) is 12.4. The first-order valence-electron chi connectivity index (χ1n) is 7.17. The number of hydrogen-bond donors (Lipinski definition) is 0. The summed E-state index contributed by atoms with van der Waals surface area (Å²) < 4.78 is 7.84. The van der Waals surface area contributed by atoms with Crippen LogP contribution in [0, 0.1) is 0 Å². The van der Waals surface area contributed by atoms with Crippen molar-refractivity contribution in [3.63, 3.8) is 0 Å². The van der Waals surface area contributed by atoms with Crippen molar-refractivity contribution in [3.05, 3.63) is 35.1 Å². The number of aromatic nitrogens is 3. The fourth-order valence-corrected chi connectivity index (χ4v) is 3.07. The molecule has 0 amide bonds. The number of ether oxygens (including phenoxy) is 1. The van der Waals surface area contributed by atoms with E-state index in [9.17, 15) is 0 Å². The molecule has 21 heavy (non-hydrogen) atoms. The predicted molar refractivity (Wildman–Crippen MR) is 87.1 cm³/mol. The van der Waals surface area contributed by atoms with E-state index in [0.717, 1.165) is 29.0 Å². The van der Waals surface area contributed by atoms with Crippen molar-refractivity contribution in [3.8, 4) is 5.75 Å². The monoisotopic (exact) mass is 325 g/mol. The average molecular weight is 326 g/mol. The summed E-state index contributed by atoms with van der Waals surface area (Å²) in [4.78, 5) is 0. The molecule has 0 spiro atoms. The Bertz CT molecular complexity index is 557. The third kappa shape index (κ3) is 4.64. The van der Waals surface area contributed by atoms with Gasteiger partial charge in [0.15, 0.2) is 11.0 Å². The number of rotatable bonds is 8. The van der Waals surface area contributed by atoms with Crippen LogP contribution >= 0.6 is 23.4 Å². The molecule has 0 unspecified atom stereocenters. The van der Waals surface area contributed by atoms with Gasteiger partial charge in [-0.3, -0.25) is 0 Å². The Morgan fingerprint density at radius 2 is 1.95 bits per heavy atom. The minimum absolute atomic E-state index is 0.414. The number of thioether (sulfide) groups is 1. The molecule has 0 saturated heterocycles. The summed E-state index contributed by atoms with van der Waals surface area (Å²) in [6.07, 6.45) is 2.39. The van der Waals surface area contributed by atoms with E-state index in [2.05, 4.69) is 28.6 Å². The number of unbranched alkanes of at least 4 members (excludes halogenated alkanes) is 1. The van der Waals surface area contributed by atoms with Gasteiger partial charge in [-0.1, -0.05) is 36.7 Å². The van der Waals surface area contributed by atoms with Gasteiger partial charge in [-0.15, -0.1) is 10.2 Å². The molecule has 0 aliphatic carbocycles. The van der Waals surface area contributed by atoms with Crippen LogP contribution in [0.5, 0.6) is 5.75 Å². The van der Waals surface area contributed by atoms with Crippen LogP contribution in [-0.4, -0.2) is 20.5 Å². The van der Waals surface area contributed by atoms with Gasteiger partial charge in [0.05, 0.1) is 0 Å². The lowest BCUT2D eigenvalue weighted by molar-refractivity contribution is 0.288. The van der Waals surface area contributed by atoms with Gasteiger partial charge in [-0.25, -0.2) is 0 Å². The van der Waals surface area contributed by atoms with Gasteiger partial charge in [0, 0.05) is 17.3 Å². The highest BCUT2D eigenvalue weighted by molar-refractivity contribution is 7.99. The van der Waals surface area contributed by atoms with Gasteiger partial charge in [-0.2, -0.15) is 0 Å². The molecule has 0 atom stereocenters. The largest absolute Gasteiger partial charge is 0.486 e. The van der Waals surface area contributed by atoms with E-state index < -0.39 is 0 Å². The quantitative estimate of drug-likeness (QED) is 0.532. The van der Waals surface area contributed by atoms with Gasteiger partial charge in [0.2, 0.25) is 0 Å². The highest BCUT2D eigenvalue weighted by Gasteiger charge is 2.11. The fourth-order valence-electron chi connectivity index (χ4n) is 1.84. The molecule has 0 radical (unpaired) electrons. The molecule has 0 N–H and O–H groups in total. The summed E-state index contributed by atoms with van der Waals surface area (Å²) >= 11 is 7.61. The second-order valence-electron chi connectivity index (χ2n) is 4.59. The van der Waals surface area contributed by atoms with E-state index in [-0.39, 0.29) is 0 Å². The van der Waals surface area contributed by atoms with E-state index in [1.807, 2.05) is 24.3 Å². The van der Waals surface area contributed by atoms with Crippen LogP contribution in [0.4, 0.5) is 0 Å². The van der Waals surface area contributed by atoms with Crippen molar-refractivity contribution < 1.29 is 4.74 Å². The average Bonchev–Trinajstić information content (AvgIpc) is 2.89. The molecule has 1 aromatic carbocycles. The van der Waals surface area contributed by atoms with E-state index in [1.165, 1.54) is 12.8 Å². The Morgan fingerprint density at radius 1 is 1.19 bits per heavy atom. The van der Waals surface area contributed by atoms with Crippen LogP contribution in [-0.2, 0) is 13.2 Å². The second-order valence-corrected chi connectivity index (χ2v) is 6.09. The molecule has 1 aromatic heterocycles. The molecule has 114 valence electrons. The molecule has 0 saturated carbocycles. The first kappa shape index (κ1) is 16.2. The van der Waals surface area contributed by atoms with Crippen molar-refractivity contribution in [1.82, 2.24) is 14.8 Å². The highest BCUT2D eigenvalue weighted by Crippen LogP contribution is 2.20. The zero-order valence-corrected chi connectivity index (χ0v) is 14.0. The first-order chi connectivity index (χ1) is 10.2. The van der Waals surface area contributed by atoms with Crippen molar-refractivity contribution in [1.29, 1.82) is 0 Å². The highest BCUT2D eigenvalue weighted by atomic mass is 35.5. The van der Waals surface area contributed by atoms with Crippen LogP contribution in [0.25, 0.3) is 0 Å². The lowest BCUT2D eigenvalue weighted by atomic mass is 10.3. The molecule has 1 heterocycles. The third-order valence-electron chi connectivity index (χ3n) is 3.02. The number of benzene rings is 1. The second kappa shape index (κ2) is 8.29. The summed E-state index contributed by atoms with van der Waals surface area (Å²) in [6, 6.07) is 7.33. The maximum absolute atomic E-state index is 5.86. The molecule has 2 rings (SSSR count). The fraction of sp³-hybridized carbons (Fsp3) is 0.467. The molecule has 0 bridgehead atoms. The third-order valence-corrected chi connectivity index (χ3v) is 4.33. The van der Waals surface area contributed by atoms with Crippen LogP contribution < -0.4 is 4.74 Å². The summed E-state index contributed by atoms with van der Waals surface area (Å²) in [7, 11) is 0. The zero-order chi connectivity index (χ0) is 15.1. The Kier molecular flexibility index (Phi) is 6.39. The normalized spacial score (nSPS) is 10.8. The van der Waals surface area contributed by atoms with Crippen LogP contribution in [0.2, 0.25) is 5.02 Å². The van der Waals surface area contributed by atoms with E-state index in [4.69, 9.17) is 16.3 Å². The van der Waals surface area contributed by atoms with Gasteiger partial charge >= 0.3 is 0 Å². The SMILES string of the molecule is CCCCSc1nnc(COc2ccc(Cl)cc2)n1CC. The van der Waals surface area contributed by atoms with E-state index in [0.29, 0.717) is 11.6 Å². The maximum atomic E-state index is 5.86. The molecule has 0 aliphatic heterocycles. The van der Waals surface area contributed by atoms with Gasteiger partial charge in [0.25, 0.3) is 0 Å². The summed E-state index contributed by atoms with van der Waals surface area (Å²) in [6.45, 7) is 5.55. The van der Waals surface area contributed by atoms with Crippen molar-refractivity contribution in [2.75, 3.05) is 5.75 Å². The lowest BCUT2D eigenvalue weighted by Crippen LogP contribution is -2.07. The van der Waals surface area contributed by atoms with Gasteiger partial charge in [0.1, 0.15) is 12.4 Å². The van der Waals surface area contributed by atoms with Crippen molar-refractivity contribution >= 4 is 23.4 Å². The predicted octanol–water partition coefficient (Wildman–Crippen LogP) is 4.42. The molecule has 2 aromatic rings. The topological polar surface area (TPSA) is 39.9 Å². The number of hydrogen-bond acceptors (Lipinski definition) is 4. The van der Waals surface area contributed by atoms with E-state index >= 15 is 0 Å². The minimum Gasteiger partial charge on any atom is -0.486 e. The Hall–Kier alpha value is -1.20. The molecule has 6 heteroatoms. The Balaban J connectivity index is 1.97. The number of halogens is 1. The Labute approximate surface area is 134 Å². The molecule has 0 fully saturated rings. The summed E-state index contributed by atoms with van der Waals surface area (Å²) in [5.41, 5.74) is 0.